The van der Waals surface area contributed by atoms with Crippen molar-refractivity contribution in [2.45, 2.75) is 81.2 Å². The van der Waals surface area contributed by atoms with Crippen LogP contribution < -0.4 is 0 Å². The highest BCUT2D eigenvalue weighted by molar-refractivity contribution is 9.10. The second-order valence-electron chi connectivity index (χ2n) is 7.34. The second-order valence-corrected chi connectivity index (χ2v) is 8.25. The fourth-order valence-corrected chi connectivity index (χ4v) is 3.95. The third kappa shape index (κ3) is 3.47. The van der Waals surface area contributed by atoms with E-state index in [-0.39, 0.29) is 13.2 Å². The van der Waals surface area contributed by atoms with Crippen molar-refractivity contribution in [3.8, 4) is 0 Å². The van der Waals surface area contributed by atoms with Gasteiger partial charge in [-0.15, -0.1) is 0 Å². The molecule has 8 nitrogen and oxygen atoms in total. The quantitative estimate of drug-likeness (QED) is 0.529. The summed E-state index contributed by atoms with van der Waals surface area (Å²) in [6.07, 6.45) is -2.62. The number of rotatable bonds is 4. The summed E-state index contributed by atoms with van der Waals surface area (Å²) in [5.41, 5.74) is 0. The zero-order valence-corrected chi connectivity index (χ0v) is 16.6. The van der Waals surface area contributed by atoms with E-state index in [9.17, 15) is 9.90 Å². The van der Waals surface area contributed by atoms with Gasteiger partial charge in [-0.1, -0.05) is 15.9 Å². The Hall–Kier alpha value is -0.290. The molecule has 6 atom stereocenters. The van der Waals surface area contributed by atoms with Crippen LogP contribution in [-0.2, 0) is 33.2 Å². The first kappa shape index (κ1) is 19.5. The van der Waals surface area contributed by atoms with E-state index in [4.69, 9.17) is 28.4 Å². The molecule has 0 aromatic rings. The molecule has 0 saturated carbocycles. The van der Waals surface area contributed by atoms with Crippen LogP contribution in [0.25, 0.3) is 0 Å². The van der Waals surface area contributed by atoms with Crippen LogP contribution in [0.15, 0.2) is 0 Å². The van der Waals surface area contributed by atoms with Crippen LogP contribution in [0.3, 0.4) is 0 Å². The van der Waals surface area contributed by atoms with Gasteiger partial charge in [0.1, 0.15) is 24.4 Å². The number of fused-ring (bicyclic) bond motifs is 1. The predicted octanol–water partition coefficient (Wildman–Crippen LogP) is 1.07. The maximum Gasteiger partial charge on any atom is 0.325 e. The number of ether oxygens (including phenoxy) is 6. The molecule has 3 heterocycles. The van der Waals surface area contributed by atoms with Gasteiger partial charge in [0.05, 0.1) is 13.2 Å². The number of hydrogen-bond acceptors (Lipinski definition) is 8. The Balaban J connectivity index is 1.86. The molecule has 0 aromatic carbocycles. The van der Waals surface area contributed by atoms with Crippen LogP contribution >= 0.6 is 15.9 Å². The molecule has 144 valence electrons. The summed E-state index contributed by atoms with van der Waals surface area (Å²) in [4.78, 5) is 11.0. The molecule has 0 aromatic heterocycles. The van der Waals surface area contributed by atoms with E-state index in [1.54, 1.807) is 34.6 Å². The van der Waals surface area contributed by atoms with Gasteiger partial charge in [0.15, 0.2) is 16.4 Å². The number of hydrogen-bond donors (Lipinski definition) is 1. The Bertz CT molecular complexity index is 538. The zero-order chi connectivity index (χ0) is 18.6. The molecule has 3 saturated heterocycles. The number of alkyl halides is 1. The van der Waals surface area contributed by atoms with Gasteiger partial charge < -0.3 is 33.5 Å². The minimum absolute atomic E-state index is 0.186. The normalized spacial score (nSPS) is 43.0. The van der Waals surface area contributed by atoms with Crippen molar-refractivity contribution >= 4 is 21.9 Å². The smallest absolute Gasteiger partial charge is 0.325 e. The van der Waals surface area contributed by atoms with Crippen molar-refractivity contribution < 1.29 is 38.3 Å². The van der Waals surface area contributed by atoms with E-state index in [1.807, 2.05) is 0 Å². The molecule has 0 aliphatic carbocycles. The van der Waals surface area contributed by atoms with E-state index < -0.39 is 52.6 Å². The lowest BCUT2D eigenvalue weighted by atomic mass is 10.0. The highest BCUT2D eigenvalue weighted by atomic mass is 79.9. The monoisotopic (exact) mass is 424 g/mol. The van der Waals surface area contributed by atoms with Gasteiger partial charge in [0.25, 0.3) is 0 Å². The van der Waals surface area contributed by atoms with Crippen LogP contribution in [0.1, 0.15) is 34.6 Å². The Morgan fingerprint density at radius 1 is 1.16 bits per heavy atom. The SMILES string of the molecule is CCOC(=O)[C@H](Br)C1(O)O[C@H]([C@H]2COC(C)(C)O2)[C@@H]2OC(C)(C)O[C@@H]21. The summed E-state index contributed by atoms with van der Waals surface area (Å²) in [6.45, 7) is 9.24. The number of esters is 1. The van der Waals surface area contributed by atoms with Crippen LogP contribution in [0.4, 0.5) is 0 Å². The Morgan fingerprint density at radius 2 is 1.84 bits per heavy atom. The third-order valence-electron chi connectivity index (χ3n) is 4.44. The average Bonchev–Trinajstić information content (AvgIpc) is 3.10. The molecule has 0 radical (unpaired) electrons. The molecule has 9 heteroatoms. The predicted molar refractivity (Wildman–Crippen MR) is 87.9 cm³/mol. The largest absolute Gasteiger partial charge is 0.465 e. The molecular weight excluding hydrogens is 400 g/mol. The van der Waals surface area contributed by atoms with Crippen molar-refractivity contribution in [2.75, 3.05) is 13.2 Å². The molecule has 1 N–H and O–H groups in total. The van der Waals surface area contributed by atoms with Gasteiger partial charge >= 0.3 is 5.97 Å². The first-order valence-electron chi connectivity index (χ1n) is 8.37. The first-order valence-corrected chi connectivity index (χ1v) is 9.29. The number of carbonyl (C=O) groups is 1. The summed E-state index contributed by atoms with van der Waals surface area (Å²) in [6, 6.07) is 0. The highest BCUT2D eigenvalue weighted by Gasteiger charge is 2.68. The number of carbonyl (C=O) groups excluding carboxylic acids is 1. The van der Waals surface area contributed by atoms with Crippen molar-refractivity contribution in [1.82, 2.24) is 0 Å². The van der Waals surface area contributed by atoms with Crippen molar-refractivity contribution in [1.29, 1.82) is 0 Å². The Kier molecular flexibility index (Phi) is 4.98. The van der Waals surface area contributed by atoms with E-state index >= 15 is 0 Å². The zero-order valence-electron chi connectivity index (χ0n) is 15.0. The van der Waals surface area contributed by atoms with Crippen molar-refractivity contribution in [3.05, 3.63) is 0 Å². The lowest BCUT2D eigenvalue weighted by Gasteiger charge is -2.33. The summed E-state index contributed by atoms with van der Waals surface area (Å²) >= 11 is 3.20. The molecule has 0 spiro atoms. The third-order valence-corrected chi connectivity index (χ3v) is 5.47. The van der Waals surface area contributed by atoms with Gasteiger partial charge in [-0.05, 0) is 34.6 Å². The molecule has 3 aliphatic rings. The van der Waals surface area contributed by atoms with Crippen LogP contribution in [0, 0.1) is 0 Å². The summed E-state index contributed by atoms with van der Waals surface area (Å²) < 4.78 is 34.1. The van der Waals surface area contributed by atoms with E-state index in [2.05, 4.69) is 15.9 Å². The maximum atomic E-state index is 12.2. The van der Waals surface area contributed by atoms with Gasteiger partial charge in [0, 0.05) is 0 Å². The average molecular weight is 425 g/mol. The topological polar surface area (TPSA) is 92.7 Å². The molecule has 3 fully saturated rings. The fraction of sp³-hybridized carbons (Fsp3) is 0.938. The summed E-state index contributed by atoms with van der Waals surface area (Å²) in [5.74, 6) is -4.27. The number of halogens is 1. The molecular formula is C16H25BrO8. The van der Waals surface area contributed by atoms with Crippen molar-refractivity contribution in [2.24, 2.45) is 0 Å². The van der Waals surface area contributed by atoms with Crippen molar-refractivity contribution in [3.63, 3.8) is 0 Å². The van der Waals surface area contributed by atoms with Gasteiger partial charge in [-0.25, -0.2) is 0 Å². The molecule has 1 unspecified atom stereocenters. The molecule has 25 heavy (non-hydrogen) atoms. The van der Waals surface area contributed by atoms with E-state index in [0.717, 1.165) is 0 Å². The first-order chi connectivity index (χ1) is 11.5. The lowest BCUT2D eigenvalue weighted by molar-refractivity contribution is -0.283. The summed E-state index contributed by atoms with van der Waals surface area (Å²) in [7, 11) is 0. The highest BCUT2D eigenvalue weighted by Crippen LogP contribution is 2.48. The van der Waals surface area contributed by atoms with E-state index in [0.29, 0.717) is 0 Å². The van der Waals surface area contributed by atoms with Gasteiger partial charge in [0.2, 0.25) is 5.79 Å². The second kappa shape index (κ2) is 6.40. The molecule has 3 aliphatic heterocycles. The molecule has 0 bridgehead atoms. The van der Waals surface area contributed by atoms with E-state index in [1.165, 1.54) is 0 Å². The maximum absolute atomic E-state index is 12.2. The minimum Gasteiger partial charge on any atom is -0.465 e. The van der Waals surface area contributed by atoms with Crippen LogP contribution in [0.2, 0.25) is 0 Å². The van der Waals surface area contributed by atoms with Gasteiger partial charge in [-0.2, -0.15) is 0 Å². The standard InChI is InChI=1S/C16H25BrO8/c1-6-20-13(18)11(17)16(19)12-10(23-15(4,5)25-12)9(24-16)8-7-21-14(2,3)22-8/h8-12,19H,6-7H2,1-5H3/t8-,9-,10+,11+,12+,16?/m1/s1. The number of aliphatic hydroxyl groups is 1. The van der Waals surface area contributed by atoms with Crippen LogP contribution in [0.5, 0.6) is 0 Å². The summed E-state index contributed by atoms with van der Waals surface area (Å²) in [5, 5.41) is 11.1. The molecule has 0 amide bonds. The Morgan fingerprint density at radius 3 is 2.40 bits per heavy atom. The fourth-order valence-electron chi connectivity index (χ4n) is 3.45. The van der Waals surface area contributed by atoms with Crippen LogP contribution in [-0.4, -0.2) is 70.9 Å². The Labute approximate surface area is 155 Å². The van der Waals surface area contributed by atoms with Gasteiger partial charge in [-0.3, -0.25) is 4.79 Å². The molecule has 3 rings (SSSR count). The lowest BCUT2D eigenvalue weighted by Crippen LogP contribution is -2.53. The minimum atomic E-state index is -1.95.